The van der Waals surface area contributed by atoms with Gasteiger partial charge in [0.1, 0.15) is 5.82 Å². The lowest BCUT2D eigenvalue weighted by molar-refractivity contribution is -0.115. The summed E-state index contributed by atoms with van der Waals surface area (Å²) in [5.74, 6) is -0.208. The number of anilines is 1. The van der Waals surface area contributed by atoms with Crippen molar-refractivity contribution in [1.82, 2.24) is 0 Å². The van der Waals surface area contributed by atoms with Crippen LogP contribution in [-0.2, 0) is 11.2 Å². The van der Waals surface area contributed by atoms with Crippen LogP contribution in [0.25, 0.3) is 22.3 Å². The predicted molar refractivity (Wildman–Crippen MR) is 94.3 cm³/mol. The Bertz CT molecular complexity index is 945. The molecule has 0 spiro atoms. The molecule has 0 unspecified atom stereocenters. The second-order valence-electron chi connectivity index (χ2n) is 6.10. The fourth-order valence-electron chi connectivity index (χ4n) is 3.31. The molecule has 0 aromatic heterocycles. The van der Waals surface area contributed by atoms with Crippen molar-refractivity contribution in [3.63, 3.8) is 0 Å². The van der Waals surface area contributed by atoms with Crippen LogP contribution in [0.15, 0.2) is 60.7 Å². The minimum atomic E-state index is -0.241. The van der Waals surface area contributed by atoms with Crippen LogP contribution in [0.3, 0.4) is 0 Å². The van der Waals surface area contributed by atoms with E-state index >= 15 is 0 Å². The van der Waals surface area contributed by atoms with Gasteiger partial charge in [0.25, 0.3) is 0 Å². The smallest absolute Gasteiger partial charge is 0.228 e. The lowest BCUT2D eigenvalue weighted by Crippen LogP contribution is -2.03. The minimum absolute atomic E-state index is 0.0330. The van der Waals surface area contributed by atoms with E-state index in [1.54, 1.807) is 12.1 Å². The molecule has 1 heterocycles. The molecule has 3 heteroatoms. The van der Waals surface area contributed by atoms with Gasteiger partial charge in [-0.15, -0.1) is 0 Å². The third kappa shape index (κ3) is 2.48. The van der Waals surface area contributed by atoms with Gasteiger partial charge in [0.05, 0.1) is 6.42 Å². The summed E-state index contributed by atoms with van der Waals surface area (Å²) in [6.45, 7) is 2.07. The van der Waals surface area contributed by atoms with Crippen LogP contribution in [0.5, 0.6) is 0 Å². The molecule has 0 atom stereocenters. The number of hydrogen-bond donors (Lipinski definition) is 1. The molecule has 1 N–H and O–H groups in total. The molecule has 3 aromatic rings. The van der Waals surface area contributed by atoms with E-state index in [0.29, 0.717) is 6.42 Å². The molecular weight excluding hydrogens is 301 g/mol. The summed E-state index contributed by atoms with van der Waals surface area (Å²) in [7, 11) is 0. The van der Waals surface area contributed by atoms with Crippen molar-refractivity contribution in [3.05, 3.63) is 77.6 Å². The first-order valence-corrected chi connectivity index (χ1v) is 7.90. The number of fused-ring (bicyclic) bond motifs is 1. The van der Waals surface area contributed by atoms with Crippen LogP contribution >= 0.6 is 0 Å². The summed E-state index contributed by atoms with van der Waals surface area (Å²) < 4.78 is 13.3. The van der Waals surface area contributed by atoms with Crippen molar-refractivity contribution in [2.24, 2.45) is 0 Å². The standard InChI is InChI=1S/C21H16FNO/c1-13-3-2-4-18(14-5-8-17(22)9-6-14)21(13)15-7-10-19-16(11-15)12-20(24)23-19/h2-11H,12H2,1H3,(H,23,24). The Morgan fingerprint density at radius 3 is 2.50 bits per heavy atom. The SMILES string of the molecule is Cc1cccc(-c2ccc(F)cc2)c1-c1ccc2c(c1)CC(=O)N2. The van der Waals surface area contributed by atoms with E-state index in [4.69, 9.17) is 0 Å². The molecular formula is C21H16FNO. The third-order valence-corrected chi connectivity index (χ3v) is 4.45. The Kier molecular flexibility index (Phi) is 3.42. The van der Waals surface area contributed by atoms with Gasteiger partial charge in [-0.25, -0.2) is 4.39 Å². The maximum atomic E-state index is 13.3. The van der Waals surface area contributed by atoms with E-state index in [1.165, 1.54) is 12.1 Å². The highest BCUT2D eigenvalue weighted by Crippen LogP contribution is 2.37. The highest BCUT2D eigenvalue weighted by Gasteiger charge is 2.19. The molecule has 0 saturated heterocycles. The molecule has 0 fully saturated rings. The highest BCUT2D eigenvalue weighted by atomic mass is 19.1. The van der Waals surface area contributed by atoms with E-state index in [1.807, 2.05) is 24.3 Å². The molecule has 2 nitrogen and oxygen atoms in total. The first-order chi connectivity index (χ1) is 11.6. The summed E-state index contributed by atoms with van der Waals surface area (Å²) in [6.07, 6.45) is 0.418. The molecule has 0 aliphatic carbocycles. The molecule has 24 heavy (non-hydrogen) atoms. The zero-order chi connectivity index (χ0) is 16.7. The second-order valence-corrected chi connectivity index (χ2v) is 6.10. The first kappa shape index (κ1) is 14.6. The highest BCUT2D eigenvalue weighted by molar-refractivity contribution is 6.00. The Labute approximate surface area is 140 Å². The predicted octanol–water partition coefficient (Wildman–Crippen LogP) is 4.96. The number of carbonyl (C=O) groups is 1. The molecule has 118 valence electrons. The molecule has 1 aliphatic rings. The summed E-state index contributed by atoms with van der Waals surface area (Å²) in [5.41, 5.74) is 7.28. The van der Waals surface area contributed by atoms with E-state index in [0.717, 1.165) is 39.1 Å². The molecule has 4 rings (SSSR count). The van der Waals surface area contributed by atoms with Gasteiger partial charge in [0.15, 0.2) is 0 Å². The second kappa shape index (κ2) is 5.60. The van der Waals surface area contributed by atoms with Crippen molar-refractivity contribution in [3.8, 4) is 22.3 Å². The van der Waals surface area contributed by atoms with Crippen LogP contribution in [0.1, 0.15) is 11.1 Å². The topological polar surface area (TPSA) is 29.1 Å². The Hall–Kier alpha value is -2.94. The number of nitrogens with one attached hydrogen (secondary N) is 1. The molecule has 0 bridgehead atoms. The fraction of sp³-hybridized carbons (Fsp3) is 0.0952. The lowest BCUT2D eigenvalue weighted by atomic mass is 9.90. The number of benzene rings is 3. The fourth-order valence-corrected chi connectivity index (χ4v) is 3.31. The van der Waals surface area contributed by atoms with Crippen molar-refractivity contribution in [1.29, 1.82) is 0 Å². The number of aryl methyl sites for hydroxylation is 1. The maximum absolute atomic E-state index is 13.3. The van der Waals surface area contributed by atoms with Crippen molar-refractivity contribution in [2.45, 2.75) is 13.3 Å². The van der Waals surface area contributed by atoms with Gasteiger partial charge >= 0.3 is 0 Å². The number of rotatable bonds is 2. The normalized spacial score (nSPS) is 12.8. The van der Waals surface area contributed by atoms with Crippen LogP contribution in [0.4, 0.5) is 10.1 Å². The van der Waals surface area contributed by atoms with Crippen LogP contribution in [0.2, 0.25) is 0 Å². The van der Waals surface area contributed by atoms with Gasteiger partial charge in [0, 0.05) is 5.69 Å². The van der Waals surface area contributed by atoms with Gasteiger partial charge in [-0.1, -0.05) is 36.4 Å². The monoisotopic (exact) mass is 317 g/mol. The van der Waals surface area contributed by atoms with Crippen molar-refractivity contribution >= 4 is 11.6 Å². The average Bonchev–Trinajstić information content (AvgIpc) is 2.94. The summed E-state index contributed by atoms with van der Waals surface area (Å²) in [4.78, 5) is 11.6. The van der Waals surface area contributed by atoms with Crippen LogP contribution in [-0.4, -0.2) is 5.91 Å². The van der Waals surface area contributed by atoms with Gasteiger partial charge in [-0.3, -0.25) is 4.79 Å². The number of halogens is 1. The van der Waals surface area contributed by atoms with Gasteiger partial charge in [0.2, 0.25) is 5.91 Å². The molecule has 1 aliphatic heterocycles. The van der Waals surface area contributed by atoms with Crippen molar-refractivity contribution < 1.29 is 9.18 Å². The lowest BCUT2D eigenvalue weighted by Gasteiger charge is -2.14. The van der Waals surface area contributed by atoms with Crippen molar-refractivity contribution in [2.75, 3.05) is 5.32 Å². The Balaban J connectivity index is 1.88. The quantitative estimate of drug-likeness (QED) is 0.711. The summed E-state index contributed by atoms with van der Waals surface area (Å²) >= 11 is 0. The maximum Gasteiger partial charge on any atom is 0.228 e. The van der Waals surface area contributed by atoms with E-state index in [-0.39, 0.29) is 11.7 Å². The van der Waals surface area contributed by atoms with Gasteiger partial charge in [-0.2, -0.15) is 0 Å². The Morgan fingerprint density at radius 1 is 0.958 bits per heavy atom. The zero-order valence-electron chi connectivity index (χ0n) is 13.3. The first-order valence-electron chi connectivity index (χ1n) is 7.90. The number of hydrogen-bond acceptors (Lipinski definition) is 1. The number of carbonyl (C=O) groups excluding carboxylic acids is 1. The molecule has 0 radical (unpaired) electrons. The van der Waals surface area contributed by atoms with Crippen LogP contribution < -0.4 is 5.32 Å². The zero-order valence-corrected chi connectivity index (χ0v) is 13.3. The molecule has 3 aromatic carbocycles. The van der Waals surface area contributed by atoms with Crippen LogP contribution in [0, 0.1) is 12.7 Å². The Morgan fingerprint density at radius 2 is 1.71 bits per heavy atom. The summed E-state index contributed by atoms with van der Waals surface area (Å²) in [6, 6.07) is 18.7. The third-order valence-electron chi connectivity index (χ3n) is 4.45. The van der Waals surface area contributed by atoms with Gasteiger partial charge < -0.3 is 5.32 Å². The minimum Gasteiger partial charge on any atom is -0.326 e. The van der Waals surface area contributed by atoms with E-state index in [2.05, 4.69) is 24.4 Å². The largest absolute Gasteiger partial charge is 0.326 e. The van der Waals surface area contributed by atoms with Gasteiger partial charge in [-0.05, 0) is 64.6 Å². The molecule has 1 amide bonds. The van der Waals surface area contributed by atoms with E-state index in [9.17, 15) is 9.18 Å². The number of amides is 1. The average molecular weight is 317 g/mol. The van der Waals surface area contributed by atoms with E-state index < -0.39 is 0 Å². The summed E-state index contributed by atoms with van der Waals surface area (Å²) in [5, 5.41) is 2.86. The molecule has 0 saturated carbocycles.